The Kier molecular flexibility index (Phi) is 8.88. The summed E-state index contributed by atoms with van der Waals surface area (Å²) in [6.07, 6.45) is 5.00. The number of hydrogen-bond donors (Lipinski definition) is 3. The molecule has 1 aliphatic rings. The third kappa shape index (κ3) is 7.21. The Balaban J connectivity index is 0.000000286. The van der Waals surface area contributed by atoms with Gasteiger partial charge in [-0.15, -0.1) is 0 Å². The van der Waals surface area contributed by atoms with Gasteiger partial charge in [0.05, 0.1) is 22.4 Å². The Morgan fingerprint density at radius 1 is 1.03 bits per heavy atom. The predicted molar refractivity (Wildman–Crippen MR) is 140 cm³/mol. The van der Waals surface area contributed by atoms with Crippen LogP contribution in [0.4, 0.5) is 17.5 Å². The predicted octanol–water partition coefficient (Wildman–Crippen LogP) is 5.31. The topological polar surface area (TPSA) is 133 Å². The Morgan fingerprint density at radius 2 is 1.73 bits per heavy atom. The van der Waals surface area contributed by atoms with E-state index in [0.717, 1.165) is 36.6 Å². The molecule has 1 fully saturated rings. The lowest BCUT2D eigenvalue weighted by atomic mass is 9.91. The first kappa shape index (κ1) is 26.1. The quantitative estimate of drug-likeness (QED) is 0.370. The van der Waals surface area contributed by atoms with Gasteiger partial charge in [0.15, 0.2) is 11.6 Å². The van der Waals surface area contributed by atoms with Gasteiger partial charge in [0.1, 0.15) is 20.6 Å². The van der Waals surface area contributed by atoms with Crippen molar-refractivity contribution in [2.75, 3.05) is 29.5 Å². The van der Waals surface area contributed by atoms with Crippen LogP contribution in [0.15, 0.2) is 45.1 Å². The van der Waals surface area contributed by atoms with Crippen molar-refractivity contribution in [3.63, 3.8) is 0 Å². The number of hydrogen-bond acceptors (Lipinski definition) is 9. The van der Waals surface area contributed by atoms with Gasteiger partial charge in [0.25, 0.3) is 0 Å². The molecule has 13 heteroatoms. The normalized spacial score (nSPS) is 15.0. The van der Waals surface area contributed by atoms with Crippen molar-refractivity contribution in [2.45, 2.75) is 35.2 Å². The molecule has 1 aliphatic heterocycles. The van der Waals surface area contributed by atoms with E-state index >= 15 is 0 Å². The average Bonchev–Trinajstić information content (AvgIpc) is 2.76. The van der Waals surface area contributed by atoms with Gasteiger partial charge >= 0.3 is 0 Å². The van der Waals surface area contributed by atoms with Gasteiger partial charge in [-0.25, -0.2) is 19.9 Å². The zero-order valence-corrected chi connectivity index (χ0v) is 22.3. The molecular weight excluding hydrogens is 571 g/mol. The largest absolute Gasteiger partial charge is 0.381 e. The molecule has 33 heavy (non-hydrogen) atoms. The molecule has 4 rings (SSSR count). The highest BCUT2D eigenvalue weighted by molar-refractivity contribution is 9.10. The molecule has 3 heterocycles. The molecule has 0 saturated carbocycles. The molecular formula is C20H22BrCl3N8S. The second-order valence-electron chi connectivity index (χ2n) is 7.58. The summed E-state index contributed by atoms with van der Waals surface area (Å²) in [6, 6.07) is 5.46. The van der Waals surface area contributed by atoms with Gasteiger partial charge in [-0.2, -0.15) is 0 Å². The summed E-state index contributed by atoms with van der Waals surface area (Å²) in [4.78, 5) is 19.4. The van der Waals surface area contributed by atoms with Gasteiger partial charge in [0.2, 0.25) is 0 Å². The number of piperidine rings is 1. The maximum Gasteiger partial charge on any atom is 0.158 e. The molecule has 6 N–H and O–H groups in total. The molecule has 0 radical (unpaired) electrons. The van der Waals surface area contributed by atoms with E-state index in [9.17, 15) is 0 Å². The zero-order chi connectivity index (χ0) is 24.2. The van der Waals surface area contributed by atoms with Crippen molar-refractivity contribution < 1.29 is 0 Å². The summed E-state index contributed by atoms with van der Waals surface area (Å²) >= 11 is 22.1. The van der Waals surface area contributed by atoms with Gasteiger partial charge in [0, 0.05) is 23.5 Å². The van der Waals surface area contributed by atoms with E-state index in [-0.39, 0.29) is 5.54 Å². The zero-order valence-electron chi connectivity index (χ0n) is 17.6. The van der Waals surface area contributed by atoms with Crippen molar-refractivity contribution in [1.82, 2.24) is 19.9 Å². The standard InChI is InChI=1S/C16H19Cl2N5S.C4H3BrClN3/c1-16(20)5-7-23(8-6-16)12-9-21-15(14(19)22-12)24-11-4-2-3-10(17)13(11)18;5-3-4(7)9-2(6)1-8-3/h2-4,9H,5-8,20H2,1H3,(H2,19,22);1H,(H2,7,9). The second-order valence-corrected chi connectivity index (χ2v) is 10.5. The number of nitrogen functional groups attached to an aromatic ring is 2. The van der Waals surface area contributed by atoms with Crippen molar-refractivity contribution in [1.29, 1.82) is 0 Å². The Labute approximate surface area is 219 Å². The number of rotatable bonds is 3. The first-order chi connectivity index (χ1) is 15.6. The second kappa shape index (κ2) is 11.2. The minimum atomic E-state index is -0.103. The molecule has 0 aliphatic carbocycles. The van der Waals surface area contributed by atoms with Crippen LogP contribution >= 0.6 is 62.5 Å². The molecule has 0 amide bonds. The van der Waals surface area contributed by atoms with Crippen LogP contribution in [0.2, 0.25) is 15.2 Å². The summed E-state index contributed by atoms with van der Waals surface area (Å²) in [5, 5.41) is 1.91. The third-order valence-corrected chi connectivity index (χ3v) is 7.62. The van der Waals surface area contributed by atoms with E-state index in [0.29, 0.717) is 36.5 Å². The van der Waals surface area contributed by atoms with Crippen LogP contribution in [0.25, 0.3) is 0 Å². The highest BCUT2D eigenvalue weighted by Gasteiger charge is 2.27. The molecule has 176 valence electrons. The molecule has 0 atom stereocenters. The fourth-order valence-electron chi connectivity index (χ4n) is 2.89. The minimum absolute atomic E-state index is 0.103. The van der Waals surface area contributed by atoms with E-state index < -0.39 is 0 Å². The van der Waals surface area contributed by atoms with Gasteiger partial charge in [-0.05, 0) is 47.8 Å². The Hall–Kier alpha value is -1.56. The summed E-state index contributed by atoms with van der Waals surface area (Å²) in [6.45, 7) is 3.79. The van der Waals surface area contributed by atoms with Crippen LogP contribution < -0.4 is 22.1 Å². The molecule has 2 aromatic heterocycles. The van der Waals surface area contributed by atoms with E-state index in [1.165, 1.54) is 18.0 Å². The third-order valence-electron chi connectivity index (χ3n) is 4.83. The maximum atomic E-state index is 6.21. The van der Waals surface area contributed by atoms with Crippen molar-refractivity contribution in [3.8, 4) is 0 Å². The van der Waals surface area contributed by atoms with Crippen LogP contribution in [-0.2, 0) is 0 Å². The lowest BCUT2D eigenvalue weighted by Crippen LogP contribution is -2.48. The lowest BCUT2D eigenvalue weighted by Gasteiger charge is -2.37. The van der Waals surface area contributed by atoms with Gasteiger partial charge < -0.3 is 22.1 Å². The average molecular weight is 593 g/mol. The molecule has 1 saturated heterocycles. The highest BCUT2D eigenvalue weighted by atomic mass is 79.9. The molecule has 0 spiro atoms. The molecule has 1 aromatic carbocycles. The van der Waals surface area contributed by atoms with Crippen LogP contribution in [0.3, 0.4) is 0 Å². The van der Waals surface area contributed by atoms with Crippen LogP contribution in [0.1, 0.15) is 19.8 Å². The summed E-state index contributed by atoms with van der Waals surface area (Å²) in [5.74, 6) is 1.47. The smallest absolute Gasteiger partial charge is 0.158 e. The summed E-state index contributed by atoms with van der Waals surface area (Å²) < 4.78 is 0.520. The van der Waals surface area contributed by atoms with Crippen LogP contribution in [0.5, 0.6) is 0 Å². The fourth-order valence-corrected chi connectivity index (χ4v) is 4.51. The monoisotopic (exact) mass is 590 g/mol. The SMILES string of the molecule is CC1(N)CCN(c2cnc(Sc3cccc(Cl)c3Cl)c(N)n2)CC1.Nc1nc(Cl)cnc1Br. The minimum Gasteiger partial charge on any atom is -0.381 e. The molecule has 3 aromatic rings. The van der Waals surface area contributed by atoms with Crippen molar-refractivity contribution >= 4 is 79.9 Å². The number of nitrogens with zero attached hydrogens (tertiary/aromatic N) is 5. The molecule has 8 nitrogen and oxygen atoms in total. The molecule has 0 bridgehead atoms. The van der Waals surface area contributed by atoms with E-state index in [1.807, 2.05) is 12.1 Å². The first-order valence-electron chi connectivity index (χ1n) is 9.77. The first-order valence-corrected chi connectivity index (χ1v) is 12.5. The van der Waals surface area contributed by atoms with Gasteiger partial charge in [-0.1, -0.05) is 52.6 Å². The summed E-state index contributed by atoms with van der Waals surface area (Å²) in [7, 11) is 0. The van der Waals surface area contributed by atoms with Crippen LogP contribution in [0, 0.1) is 0 Å². The van der Waals surface area contributed by atoms with Crippen LogP contribution in [-0.4, -0.2) is 38.6 Å². The summed E-state index contributed by atoms with van der Waals surface area (Å²) in [5.41, 5.74) is 17.5. The van der Waals surface area contributed by atoms with E-state index in [1.54, 1.807) is 12.3 Å². The van der Waals surface area contributed by atoms with Crippen molar-refractivity contribution in [3.05, 3.63) is 50.4 Å². The number of benzene rings is 1. The van der Waals surface area contributed by atoms with E-state index in [2.05, 4.69) is 47.7 Å². The fraction of sp³-hybridized carbons (Fsp3) is 0.300. The Morgan fingerprint density at radius 3 is 2.33 bits per heavy atom. The maximum absolute atomic E-state index is 6.21. The number of nitrogens with two attached hydrogens (primary N) is 3. The van der Waals surface area contributed by atoms with Gasteiger partial charge in [-0.3, -0.25) is 0 Å². The lowest BCUT2D eigenvalue weighted by molar-refractivity contribution is 0.363. The van der Waals surface area contributed by atoms with E-state index in [4.69, 9.17) is 52.0 Å². The Bertz CT molecular complexity index is 1120. The molecule has 0 unspecified atom stereocenters. The number of halogens is 4. The van der Waals surface area contributed by atoms with Crippen molar-refractivity contribution in [2.24, 2.45) is 5.73 Å². The highest BCUT2D eigenvalue weighted by Crippen LogP contribution is 2.38. The number of anilines is 3. The number of aromatic nitrogens is 4.